The summed E-state index contributed by atoms with van der Waals surface area (Å²) < 4.78 is 6.80. The molecule has 2 N–H and O–H groups in total. The Hall–Kier alpha value is -2.67. The number of fused-ring (bicyclic) bond motifs is 4. The first-order valence-electron chi connectivity index (χ1n) is 9.28. The summed E-state index contributed by atoms with van der Waals surface area (Å²) in [6, 6.07) is 8.46. The lowest BCUT2D eigenvalue weighted by atomic mass is 9.70. The highest BCUT2D eigenvalue weighted by molar-refractivity contribution is 5.91. The van der Waals surface area contributed by atoms with Gasteiger partial charge in [-0.15, -0.1) is 0 Å². The molecule has 0 bridgehead atoms. The number of carbonyl (C=O) groups excluding carboxylic acids is 2. The Labute approximate surface area is 158 Å². The minimum atomic E-state index is -0.446. The standard InChI is InChI=1S/C20H24N4O3/c1-27-17(25)13-23-10-7-20(8-11-23)15-5-3-2-4-14(15)6-9-24-16(18(21)26)12-22-19(20)24/h2-5,12H,6-11,13H2,1H3,(H2,21,26). The van der Waals surface area contributed by atoms with Crippen LogP contribution in [0.1, 0.15) is 40.3 Å². The predicted octanol–water partition coefficient (Wildman–Crippen LogP) is 1.09. The summed E-state index contributed by atoms with van der Waals surface area (Å²) >= 11 is 0. The molecule has 1 amide bonds. The number of benzene rings is 1. The quantitative estimate of drug-likeness (QED) is 0.819. The van der Waals surface area contributed by atoms with Crippen molar-refractivity contribution in [2.75, 3.05) is 26.7 Å². The molecule has 0 aliphatic carbocycles. The molecule has 4 rings (SSSR count). The normalized spacial score (nSPS) is 18.4. The molecule has 1 spiro atoms. The van der Waals surface area contributed by atoms with Crippen LogP contribution < -0.4 is 5.73 Å². The Bertz CT molecular complexity index is 881. The number of imidazole rings is 1. The summed E-state index contributed by atoms with van der Waals surface area (Å²) in [4.78, 5) is 30.3. The summed E-state index contributed by atoms with van der Waals surface area (Å²) in [6.45, 7) is 2.53. The van der Waals surface area contributed by atoms with E-state index in [4.69, 9.17) is 10.5 Å². The zero-order valence-electron chi connectivity index (χ0n) is 15.5. The van der Waals surface area contributed by atoms with Gasteiger partial charge in [0.2, 0.25) is 0 Å². The van der Waals surface area contributed by atoms with E-state index in [1.807, 2.05) is 4.57 Å². The van der Waals surface area contributed by atoms with Gasteiger partial charge in [-0.05, 0) is 30.4 Å². The number of primary amides is 1. The van der Waals surface area contributed by atoms with Crippen molar-refractivity contribution in [3.63, 3.8) is 0 Å². The van der Waals surface area contributed by atoms with Crippen molar-refractivity contribution in [3.8, 4) is 0 Å². The van der Waals surface area contributed by atoms with Crippen LogP contribution in [0.25, 0.3) is 0 Å². The van der Waals surface area contributed by atoms with Crippen LogP contribution in [-0.4, -0.2) is 53.1 Å². The van der Waals surface area contributed by atoms with E-state index in [0.29, 0.717) is 18.8 Å². The van der Waals surface area contributed by atoms with Crippen molar-refractivity contribution in [2.24, 2.45) is 5.73 Å². The van der Waals surface area contributed by atoms with Crippen molar-refractivity contribution in [2.45, 2.75) is 31.2 Å². The number of amides is 1. The molecule has 0 radical (unpaired) electrons. The number of ether oxygens (including phenoxy) is 1. The van der Waals surface area contributed by atoms with Crippen molar-refractivity contribution in [1.29, 1.82) is 0 Å². The number of hydrogen-bond acceptors (Lipinski definition) is 5. The summed E-state index contributed by atoms with van der Waals surface area (Å²) in [6.07, 6.45) is 4.11. The minimum absolute atomic E-state index is 0.218. The number of nitrogens with zero attached hydrogens (tertiary/aromatic N) is 3. The number of hydrogen-bond donors (Lipinski definition) is 1. The monoisotopic (exact) mass is 368 g/mol. The highest BCUT2D eigenvalue weighted by Crippen LogP contribution is 2.44. The lowest BCUT2D eigenvalue weighted by Gasteiger charge is -2.41. The second-order valence-electron chi connectivity index (χ2n) is 7.32. The molecule has 2 aromatic rings. The minimum Gasteiger partial charge on any atom is -0.468 e. The molecular formula is C20H24N4O3. The Morgan fingerprint density at radius 1 is 1.22 bits per heavy atom. The average molecular weight is 368 g/mol. The van der Waals surface area contributed by atoms with Crippen molar-refractivity contribution < 1.29 is 14.3 Å². The predicted molar refractivity (Wildman–Crippen MR) is 99.4 cm³/mol. The Kier molecular flexibility index (Phi) is 4.47. The van der Waals surface area contributed by atoms with Gasteiger partial charge in [-0.1, -0.05) is 24.3 Å². The van der Waals surface area contributed by atoms with Gasteiger partial charge in [0.25, 0.3) is 5.91 Å². The van der Waals surface area contributed by atoms with Gasteiger partial charge in [-0.25, -0.2) is 4.98 Å². The molecule has 1 aromatic carbocycles. The second-order valence-corrected chi connectivity index (χ2v) is 7.32. The number of esters is 1. The van der Waals surface area contributed by atoms with Gasteiger partial charge in [-0.3, -0.25) is 14.5 Å². The SMILES string of the molecule is COC(=O)CN1CCC2(CC1)c1ccccc1CCn1c(C(N)=O)cnc12. The third kappa shape index (κ3) is 2.92. The third-order valence-corrected chi connectivity index (χ3v) is 5.96. The first-order valence-corrected chi connectivity index (χ1v) is 9.28. The topological polar surface area (TPSA) is 90.5 Å². The molecule has 3 heterocycles. The van der Waals surface area contributed by atoms with Crippen molar-refractivity contribution in [1.82, 2.24) is 14.5 Å². The Balaban J connectivity index is 1.76. The van der Waals surface area contributed by atoms with E-state index in [0.717, 1.165) is 38.2 Å². The molecule has 0 saturated carbocycles. The summed E-state index contributed by atoms with van der Waals surface area (Å²) in [7, 11) is 1.41. The Morgan fingerprint density at radius 2 is 1.96 bits per heavy atom. The number of carbonyl (C=O) groups is 2. The van der Waals surface area contributed by atoms with Crippen LogP contribution in [0.5, 0.6) is 0 Å². The molecule has 7 nitrogen and oxygen atoms in total. The largest absolute Gasteiger partial charge is 0.468 e. The fraction of sp³-hybridized carbons (Fsp3) is 0.450. The summed E-state index contributed by atoms with van der Waals surface area (Å²) in [5, 5.41) is 0. The first-order chi connectivity index (χ1) is 13.0. The van der Waals surface area contributed by atoms with E-state index in [1.165, 1.54) is 18.2 Å². The number of piperidine rings is 1. The molecule has 1 aromatic heterocycles. The van der Waals surface area contributed by atoms with Crippen LogP contribution in [0.15, 0.2) is 30.5 Å². The van der Waals surface area contributed by atoms with E-state index in [9.17, 15) is 9.59 Å². The Morgan fingerprint density at radius 3 is 2.67 bits per heavy atom. The van der Waals surface area contributed by atoms with Crippen molar-refractivity contribution >= 4 is 11.9 Å². The van der Waals surface area contributed by atoms with E-state index >= 15 is 0 Å². The maximum atomic E-state index is 11.9. The fourth-order valence-electron chi connectivity index (χ4n) is 4.57. The maximum absolute atomic E-state index is 11.9. The van der Waals surface area contributed by atoms with Gasteiger partial charge < -0.3 is 15.0 Å². The van der Waals surface area contributed by atoms with Gasteiger partial charge >= 0.3 is 5.97 Å². The number of aryl methyl sites for hydroxylation is 1. The molecule has 0 unspecified atom stereocenters. The molecule has 7 heteroatoms. The molecule has 2 aliphatic rings. The molecule has 1 fully saturated rings. The lowest BCUT2D eigenvalue weighted by molar-refractivity contribution is -0.142. The first kappa shape index (κ1) is 17.7. The van der Waals surface area contributed by atoms with Gasteiger partial charge in [0.15, 0.2) is 0 Å². The zero-order chi connectivity index (χ0) is 19.0. The van der Waals surface area contributed by atoms with Crippen LogP contribution in [0, 0.1) is 0 Å². The van der Waals surface area contributed by atoms with Crippen molar-refractivity contribution in [3.05, 3.63) is 53.1 Å². The summed E-state index contributed by atoms with van der Waals surface area (Å²) in [5.41, 5.74) is 8.36. The molecule has 2 aliphatic heterocycles. The van der Waals surface area contributed by atoms with Gasteiger partial charge in [-0.2, -0.15) is 0 Å². The molecular weight excluding hydrogens is 344 g/mol. The molecule has 27 heavy (non-hydrogen) atoms. The van der Waals surface area contributed by atoms with E-state index in [1.54, 1.807) is 6.20 Å². The van der Waals surface area contributed by atoms with E-state index in [-0.39, 0.29) is 11.4 Å². The van der Waals surface area contributed by atoms with Crippen LogP contribution >= 0.6 is 0 Å². The second kappa shape index (κ2) is 6.81. The summed E-state index contributed by atoms with van der Waals surface area (Å²) in [5.74, 6) is 0.252. The van der Waals surface area contributed by atoms with Gasteiger partial charge in [0.1, 0.15) is 11.5 Å². The molecule has 0 atom stereocenters. The van der Waals surface area contributed by atoms with E-state index < -0.39 is 5.91 Å². The van der Waals surface area contributed by atoms with Crippen LogP contribution in [0.2, 0.25) is 0 Å². The highest BCUT2D eigenvalue weighted by atomic mass is 16.5. The molecule has 142 valence electrons. The van der Waals surface area contributed by atoms with Crippen LogP contribution in [0.4, 0.5) is 0 Å². The number of methoxy groups -OCH3 is 1. The fourth-order valence-corrected chi connectivity index (χ4v) is 4.57. The number of likely N-dealkylation sites (tertiary alicyclic amines) is 1. The smallest absolute Gasteiger partial charge is 0.319 e. The third-order valence-electron chi connectivity index (χ3n) is 5.96. The average Bonchev–Trinajstić information content (AvgIpc) is 3.07. The van der Waals surface area contributed by atoms with Gasteiger partial charge in [0.05, 0.1) is 25.3 Å². The number of nitrogens with two attached hydrogens (primary N) is 1. The highest BCUT2D eigenvalue weighted by Gasteiger charge is 2.44. The van der Waals surface area contributed by atoms with Crippen LogP contribution in [-0.2, 0) is 27.9 Å². The van der Waals surface area contributed by atoms with Gasteiger partial charge in [0, 0.05) is 19.6 Å². The maximum Gasteiger partial charge on any atom is 0.319 e. The van der Waals surface area contributed by atoms with Crippen LogP contribution in [0.3, 0.4) is 0 Å². The zero-order valence-corrected chi connectivity index (χ0v) is 15.5. The van der Waals surface area contributed by atoms with E-state index in [2.05, 4.69) is 34.1 Å². The molecule has 1 saturated heterocycles. The number of rotatable bonds is 3. The number of aromatic nitrogens is 2. The lowest BCUT2D eigenvalue weighted by Crippen LogP contribution is -2.46.